The van der Waals surface area contributed by atoms with E-state index in [2.05, 4.69) is 4.74 Å². The third-order valence-corrected chi connectivity index (χ3v) is 0.933. The molecule has 0 aliphatic heterocycles. The largest absolute Gasteiger partial charge is 0.480 e. The lowest BCUT2D eigenvalue weighted by molar-refractivity contribution is -0.144. The Kier molecular flexibility index (Phi) is 5.55. The summed E-state index contributed by atoms with van der Waals surface area (Å²) in [6.45, 7) is 1.43. The zero-order valence-corrected chi connectivity index (χ0v) is 6.77. The van der Waals surface area contributed by atoms with E-state index in [1.54, 1.807) is 0 Å². The van der Waals surface area contributed by atoms with Crippen LogP contribution in [0.15, 0.2) is 0 Å². The molecule has 0 radical (unpaired) electrons. The highest BCUT2D eigenvalue weighted by molar-refractivity contribution is 5.85. The van der Waals surface area contributed by atoms with Gasteiger partial charge in [0.1, 0.15) is 5.54 Å². The molecule has 0 rings (SSSR count). The van der Waals surface area contributed by atoms with Crippen molar-refractivity contribution in [1.29, 1.82) is 0 Å². The summed E-state index contributed by atoms with van der Waals surface area (Å²) in [7, 11) is 1.41. The van der Waals surface area contributed by atoms with Crippen molar-refractivity contribution in [2.75, 3.05) is 13.7 Å². The SMILES string of the molecule is COC[C@](C)(N)C(=O)O.Cl. The first-order chi connectivity index (χ1) is 4.00. The Labute approximate surface area is 65.8 Å². The number of ether oxygens (including phenoxy) is 1. The second-order valence-electron chi connectivity index (χ2n) is 2.16. The molecular weight excluding hydrogens is 158 g/mol. The monoisotopic (exact) mass is 169 g/mol. The summed E-state index contributed by atoms with van der Waals surface area (Å²) < 4.78 is 4.56. The third kappa shape index (κ3) is 3.66. The number of aliphatic carboxylic acids is 1. The van der Waals surface area contributed by atoms with Crippen LogP contribution in [0.1, 0.15) is 6.92 Å². The van der Waals surface area contributed by atoms with Gasteiger partial charge < -0.3 is 15.6 Å². The summed E-state index contributed by atoms with van der Waals surface area (Å²) in [5, 5.41) is 8.37. The van der Waals surface area contributed by atoms with Crippen LogP contribution in [0.5, 0.6) is 0 Å². The second kappa shape index (κ2) is 4.49. The standard InChI is InChI=1S/C5H11NO3.ClH/c1-5(6,3-9-2)4(7)8;/h3,6H2,1-2H3,(H,7,8);1H/t5-;/m0./s1. The molecule has 0 saturated heterocycles. The first-order valence-corrected chi connectivity index (χ1v) is 2.52. The maximum Gasteiger partial charge on any atom is 0.325 e. The molecule has 1 atom stereocenters. The Morgan fingerprint density at radius 1 is 1.80 bits per heavy atom. The van der Waals surface area contributed by atoms with Gasteiger partial charge in [-0.1, -0.05) is 0 Å². The van der Waals surface area contributed by atoms with Crippen molar-refractivity contribution in [3.63, 3.8) is 0 Å². The maximum absolute atomic E-state index is 10.2. The summed E-state index contributed by atoms with van der Waals surface area (Å²) in [5.74, 6) is -1.05. The first-order valence-electron chi connectivity index (χ1n) is 2.52. The highest BCUT2D eigenvalue weighted by Crippen LogP contribution is 1.97. The molecular formula is C5H12ClNO3. The van der Waals surface area contributed by atoms with E-state index in [0.29, 0.717) is 0 Å². The number of rotatable bonds is 3. The van der Waals surface area contributed by atoms with Crippen molar-refractivity contribution < 1.29 is 14.6 Å². The van der Waals surface area contributed by atoms with Gasteiger partial charge in [0.05, 0.1) is 6.61 Å². The number of nitrogens with two attached hydrogens (primary N) is 1. The van der Waals surface area contributed by atoms with Gasteiger partial charge in [0.25, 0.3) is 0 Å². The molecule has 3 N–H and O–H groups in total. The van der Waals surface area contributed by atoms with E-state index in [1.807, 2.05) is 0 Å². The maximum atomic E-state index is 10.2. The summed E-state index contributed by atoms with van der Waals surface area (Å²) in [6.07, 6.45) is 0. The van der Waals surface area contributed by atoms with E-state index in [9.17, 15) is 4.79 Å². The Hall–Kier alpha value is -0.320. The van der Waals surface area contributed by atoms with Crippen LogP contribution in [-0.2, 0) is 9.53 Å². The number of hydrogen-bond donors (Lipinski definition) is 2. The molecule has 0 fully saturated rings. The lowest BCUT2D eigenvalue weighted by atomic mass is 10.1. The van der Waals surface area contributed by atoms with Gasteiger partial charge in [0.2, 0.25) is 0 Å². The molecule has 0 aliphatic rings. The van der Waals surface area contributed by atoms with Gasteiger partial charge in [-0.15, -0.1) is 12.4 Å². The summed E-state index contributed by atoms with van der Waals surface area (Å²) in [4.78, 5) is 10.2. The van der Waals surface area contributed by atoms with Crippen molar-refractivity contribution in [3.8, 4) is 0 Å². The highest BCUT2D eigenvalue weighted by atomic mass is 35.5. The van der Waals surface area contributed by atoms with Gasteiger partial charge >= 0.3 is 5.97 Å². The summed E-state index contributed by atoms with van der Waals surface area (Å²) in [5.41, 5.74) is 3.99. The van der Waals surface area contributed by atoms with Crippen molar-refractivity contribution in [2.24, 2.45) is 5.73 Å². The van der Waals surface area contributed by atoms with Crippen LogP contribution < -0.4 is 5.73 Å². The van der Waals surface area contributed by atoms with Crippen LogP contribution in [0, 0.1) is 0 Å². The molecule has 10 heavy (non-hydrogen) atoms. The molecule has 4 nitrogen and oxygen atoms in total. The van der Waals surface area contributed by atoms with Crippen LogP contribution in [0.3, 0.4) is 0 Å². The first kappa shape index (κ1) is 12.4. The smallest absolute Gasteiger partial charge is 0.325 e. The molecule has 0 heterocycles. The Morgan fingerprint density at radius 3 is 2.30 bits per heavy atom. The van der Waals surface area contributed by atoms with Crippen LogP contribution in [0.4, 0.5) is 0 Å². The van der Waals surface area contributed by atoms with E-state index in [1.165, 1.54) is 14.0 Å². The quantitative estimate of drug-likeness (QED) is 0.617. The normalized spacial score (nSPS) is 15.1. The van der Waals surface area contributed by atoms with E-state index >= 15 is 0 Å². The zero-order valence-electron chi connectivity index (χ0n) is 5.96. The molecule has 0 unspecified atom stereocenters. The molecule has 0 aliphatic carbocycles. The van der Waals surface area contributed by atoms with Gasteiger partial charge in [-0.25, -0.2) is 0 Å². The van der Waals surface area contributed by atoms with Gasteiger partial charge in [-0.3, -0.25) is 4.79 Å². The minimum Gasteiger partial charge on any atom is -0.480 e. The molecule has 0 spiro atoms. The topological polar surface area (TPSA) is 72.5 Å². The zero-order chi connectivity index (χ0) is 7.49. The van der Waals surface area contributed by atoms with Crippen LogP contribution in [0.2, 0.25) is 0 Å². The Bertz CT molecular complexity index is 115. The number of methoxy groups -OCH3 is 1. The average molecular weight is 170 g/mol. The van der Waals surface area contributed by atoms with E-state index in [4.69, 9.17) is 10.8 Å². The Morgan fingerprint density at radius 2 is 2.20 bits per heavy atom. The molecule has 0 aromatic rings. The minimum absolute atomic E-state index is 0. The molecule has 0 aromatic carbocycles. The average Bonchev–Trinajstić information content (AvgIpc) is 1.65. The second-order valence-corrected chi connectivity index (χ2v) is 2.16. The fourth-order valence-corrected chi connectivity index (χ4v) is 0.362. The molecule has 5 heteroatoms. The molecule has 0 saturated carbocycles. The molecule has 0 bridgehead atoms. The number of carboxylic acid groups (broad SMARTS) is 1. The number of carboxylic acids is 1. The lowest BCUT2D eigenvalue weighted by Gasteiger charge is -2.16. The van der Waals surface area contributed by atoms with Crippen LogP contribution in [0.25, 0.3) is 0 Å². The fraction of sp³-hybridized carbons (Fsp3) is 0.800. The van der Waals surface area contributed by atoms with Crippen LogP contribution in [-0.4, -0.2) is 30.3 Å². The molecule has 62 valence electrons. The predicted octanol–water partition coefficient (Wildman–Crippen LogP) is -0.143. The Balaban J connectivity index is 0. The lowest BCUT2D eigenvalue weighted by Crippen LogP contribution is -2.48. The molecule has 0 amide bonds. The van der Waals surface area contributed by atoms with Gasteiger partial charge in [-0.2, -0.15) is 0 Å². The summed E-state index contributed by atoms with van der Waals surface area (Å²) in [6, 6.07) is 0. The van der Waals surface area contributed by atoms with Crippen molar-refractivity contribution in [1.82, 2.24) is 0 Å². The minimum atomic E-state index is -1.26. The van der Waals surface area contributed by atoms with Gasteiger partial charge in [0.15, 0.2) is 0 Å². The molecule has 0 aromatic heterocycles. The fourth-order valence-electron chi connectivity index (χ4n) is 0.362. The van der Waals surface area contributed by atoms with Gasteiger partial charge in [0, 0.05) is 7.11 Å². The predicted molar refractivity (Wildman–Crippen MR) is 39.4 cm³/mol. The van der Waals surface area contributed by atoms with E-state index in [-0.39, 0.29) is 19.0 Å². The van der Waals surface area contributed by atoms with Crippen molar-refractivity contribution in [3.05, 3.63) is 0 Å². The van der Waals surface area contributed by atoms with E-state index < -0.39 is 11.5 Å². The van der Waals surface area contributed by atoms with E-state index in [0.717, 1.165) is 0 Å². The summed E-state index contributed by atoms with van der Waals surface area (Å²) >= 11 is 0. The number of carbonyl (C=O) groups is 1. The van der Waals surface area contributed by atoms with Crippen molar-refractivity contribution >= 4 is 18.4 Å². The third-order valence-electron chi connectivity index (χ3n) is 0.933. The van der Waals surface area contributed by atoms with Crippen LogP contribution >= 0.6 is 12.4 Å². The van der Waals surface area contributed by atoms with Gasteiger partial charge in [-0.05, 0) is 6.92 Å². The highest BCUT2D eigenvalue weighted by Gasteiger charge is 2.27. The van der Waals surface area contributed by atoms with Crippen molar-refractivity contribution in [2.45, 2.75) is 12.5 Å². The number of hydrogen-bond acceptors (Lipinski definition) is 3. The number of halogens is 1.